The summed E-state index contributed by atoms with van der Waals surface area (Å²) in [4.78, 5) is 11.1. The van der Waals surface area contributed by atoms with Crippen LogP contribution >= 0.6 is 0 Å². The minimum Gasteiger partial charge on any atom is -0.357 e. The average molecular weight is 325 g/mol. The third kappa shape index (κ3) is 5.66. The second kappa shape index (κ2) is 9.67. The number of pyridine rings is 1. The zero-order valence-electron chi connectivity index (χ0n) is 14.7. The minimum atomic E-state index is 0.282. The number of guanidine groups is 1. The highest BCUT2D eigenvalue weighted by Gasteiger charge is 2.14. The Kier molecular flexibility index (Phi) is 7.23. The van der Waals surface area contributed by atoms with E-state index in [1.807, 2.05) is 24.3 Å². The highest BCUT2D eigenvalue weighted by molar-refractivity contribution is 5.79. The molecule has 1 atom stereocenters. The lowest BCUT2D eigenvalue weighted by atomic mass is 10.1. The van der Waals surface area contributed by atoms with Crippen molar-refractivity contribution in [3.05, 3.63) is 66.0 Å². The van der Waals surface area contributed by atoms with Crippen molar-refractivity contribution in [1.29, 1.82) is 0 Å². The molecule has 1 aromatic carbocycles. The molecule has 5 heteroatoms. The molecule has 1 unspecified atom stereocenters. The van der Waals surface area contributed by atoms with E-state index in [4.69, 9.17) is 0 Å². The van der Waals surface area contributed by atoms with E-state index in [2.05, 4.69) is 70.8 Å². The fourth-order valence-electron chi connectivity index (χ4n) is 2.46. The zero-order chi connectivity index (χ0) is 17.2. The molecule has 0 saturated heterocycles. The number of nitrogens with one attached hydrogen (secondary N) is 2. The van der Waals surface area contributed by atoms with Crippen LogP contribution in [0, 0.1) is 0 Å². The van der Waals surface area contributed by atoms with E-state index in [0.29, 0.717) is 6.54 Å². The molecule has 1 heterocycles. The van der Waals surface area contributed by atoms with Gasteiger partial charge in [-0.25, -0.2) is 4.99 Å². The van der Waals surface area contributed by atoms with Crippen LogP contribution in [0.4, 0.5) is 0 Å². The monoisotopic (exact) mass is 325 g/mol. The molecule has 2 rings (SSSR count). The normalized spacial score (nSPS) is 12.9. The summed E-state index contributed by atoms with van der Waals surface area (Å²) in [5, 5.41) is 6.73. The summed E-state index contributed by atoms with van der Waals surface area (Å²) in [6.07, 6.45) is 1.79. The van der Waals surface area contributed by atoms with Crippen molar-refractivity contribution in [2.45, 2.75) is 19.5 Å². The fourth-order valence-corrected chi connectivity index (χ4v) is 2.46. The number of hydrogen-bond donors (Lipinski definition) is 2. The smallest absolute Gasteiger partial charge is 0.191 e. The second-order valence-corrected chi connectivity index (χ2v) is 5.79. The van der Waals surface area contributed by atoms with Gasteiger partial charge in [-0.1, -0.05) is 36.4 Å². The third-order valence-corrected chi connectivity index (χ3v) is 3.74. The maximum absolute atomic E-state index is 4.62. The van der Waals surface area contributed by atoms with Gasteiger partial charge in [0.05, 0.1) is 18.3 Å². The summed E-state index contributed by atoms with van der Waals surface area (Å²) in [6.45, 7) is 4.24. The van der Waals surface area contributed by atoms with Crippen molar-refractivity contribution in [3.8, 4) is 0 Å². The molecule has 0 saturated carbocycles. The Morgan fingerprint density at radius 1 is 1.08 bits per heavy atom. The van der Waals surface area contributed by atoms with Gasteiger partial charge in [0.25, 0.3) is 0 Å². The van der Waals surface area contributed by atoms with E-state index in [1.165, 1.54) is 5.56 Å². The average Bonchev–Trinajstić information content (AvgIpc) is 2.61. The number of aromatic nitrogens is 1. The van der Waals surface area contributed by atoms with Gasteiger partial charge >= 0.3 is 0 Å². The first-order valence-electron chi connectivity index (χ1n) is 8.34. The van der Waals surface area contributed by atoms with Crippen molar-refractivity contribution in [3.63, 3.8) is 0 Å². The lowest BCUT2D eigenvalue weighted by molar-refractivity contribution is 0.298. The largest absolute Gasteiger partial charge is 0.357 e. The molecule has 0 aliphatic rings. The first-order chi connectivity index (χ1) is 11.7. The van der Waals surface area contributed by atoms with E-state index in [9.17, 15) is 0 Å². The van der Waals surface area contributed by atoms with Gasteiger partial charge < -0.3 is 15.5 Å². The number of rotatable bonds is 7. The fraction of sp³-hybridized carbons (Fsp3) is 0.368. The molecule has 0 aliphatic carbocycles. The van der Waals surface area contributed by atoms with Crippen molar-refractivity contribution >= 4 is 5.96 Å². The summed E-state index contributed by atoms with van der Waals surface area (Å²) < 4.78 is 0. The quantitative estimate of drug-likeness (QED) is 0.606. The first kappa shape index (κ1) is 17.9. The standard InChI is InChI=1S/C19H27N5/c1-4-20-19(22-14-17-12-8-9-13-21-17)23-15-18(24(2)3)16-10-6-5-7-11-16/h5-13,18H,4,14-15H2,1-3H3,(H2,20,22,23). The summed E-state index contributed by atoms with van der Waals surface area (Å²) in [5.41, 5.74) is 2.25. The molecule has 0 bridgehead atoms. The maximum atomic E-state index is 4.62. The van der Waals surface area contributed by atoms with Crippen LogP contribution in [-0.4, -0.2) is 43.0 Å². The Morgan fingerprint density at radius 3 is 2.46 bits per heavy atom. The van der Waals surface area contributed by atoms with Crippen LogP contribution in [0.1, 0.15) is 24.2 Å². The number of aliphatic imine (C=N–C) groups is 1. The Balaban J connectivity index is 2.01. The second-order valence-electron chi connectivity index (χ2n) is 5.79. The van der Waals surface area contributed by atoms with E-state index in [0.717, 1.165) is 24.7 Å². The zero-order valence-corrected chi connectivity index (χ0v) is 14.7. The highest BCUT2D eigenvalue weighted by Crippen LogP contribution is 2.16. The Morgan fingerprint density at radius 2 is 1.83 bits per heavy atom. The van der Waals surface area contributed by atoms with Crippen LogP contribution in [0.25, 0.3) is 0 Å². The van der Waals surface area contributed by atoms with Crippen molar-refractivity contribution in [2.24, 2.45) is 4.99 Å². The number of likely N-dealkylation sites (N-methyl/N-ethyl adjacent to an activating group) is 1. The molecule has 1 aromatic heterocycles. The van der Waals surface area contributed by atoms with Gasteiger partial charge in [-0.15, -0.1) is 0 Å². The molecule has 5 nitrogen and oxygen atoms in total. The predicted molar refractivity (Wildman–Crippen MR) is 99.9 cm³/mol. The van der Waals surface area contributed by atoms with Gasteiger partial charge in [-0.05, 0) is 38.7 Å². The molecule has 0 spiro atoms. The molecule has 0 amide bonds. The molecule has 24 heavy (non-hydrogen) atoms. The Labute approximate surface area is 144 Å². The number of benzene rings is 1. The van der Waals surface area contributed by atoms with Crippen molar-refractivity contribution < 1.29 is 0 Å². The SMILES string of the molecule is CCNC(=NCc1ccccn1)NCC(c1ccccc1)N(C)C. The summed E-state index contributed by atoms with van der Waals surface area (Å²) in [7, 11) is 4.19. The summed E-state index contributed by atoms with van der Waals surface area (Å²) in [5.74, 6) is 0.811. The minimum absolute atomic E-state index is 0.282. The molecule has 0 fully saturated rings. The number of nitrogens with zero attached hydrogens (tertiary/aromatic N) is 3. The topological polar surface area (TPSA) is 52.6 Å². The van der Waals surface area contributed by atoms with E-state index < -0.39 is 0 Å². The van der Waals surface area contributed by atoms with Gasteiger partial charge in [-0.3, -0.25) is 4.98 Å². The molecular formula is C19H27N5. The molecule has 2 N–H and O–H groups in total. The van der Waals surface area contributed by atoms with Gasteiger partial charge in [0.1, 0.15) is 0 Å². The summed E-state index contributed by atoms with van der Waals surface area (Å²) in [6, 6.07) is 16.7. The van der Waals surface area contributed by atoms with Gasteiger partial charge in [0, 0.05) is 19.3 Å². The predicted octanol–water partition coefficient (Wildman–Crippen LogP) is 2.44. The lowest BCUT2D eigenvalue weighted by Crippen LogP contribution is -2.41. The van der Waals surface area contributed by atoms with Crippen LogP contribution in [0.15, 0.2) is 59.7 Å². The third-order valence-electron chi connectivity index (χ3n) is 3.74. The molecule has 2 aromatic rings. The van der Waals surface area contributed by atoms with Crippen molar-refractivity contribution in [1.82, 2.24) is 20.5 Å². The van der Waals surface area contributed by atoms with Crippen LogP contribution in [0.3, 0.4) is 0 Å². The molecule has 0 aliphatic heterocycles. The Hall–Kier alpha value is -2.40. The summed E-state index contributed by atoms with van der Waals surface area (Å²) >= 11 is 0. The number of hydrogen-bond acceptors (Lipinski definition) is 3. The van der Waals surface area contributed by atoms with Crippen LogP contribution in [0.5, 0.6) is 0 Å². The van der Waals surface area contributed by atoms with Crippen LogP contribution < -0.4 is 10.6 Å². The highest BCUT2D eigenvalue weighted by atomic mass is 15.2. The first-order valence-corrected chi connectivity index (χ1v) is 8.34. The van der Waals surface area contributed by atoms with E-state index >= 15 is 0 Å². The maximum Gasteiger partial charge on any atom is 0.191 e. The van der Waals surface area contributed by atoms with E-state index in [-0.39, 0.29) is 6.04 Å². The van der Waals surface area contributed by atoms with E-state index in [1.54, 1.807) is 6.20 Å². The molecule has 0 radical (unpaired) electrons. The van der Waals surface area contributed by atoms with Crippen LogP contribution in [0.2, 0.25) is 0 Å². The molecule has 128 valence electrons. The van der Waals surface area contributed by atoms with Gasteiger partial charge in [-0.2, -0.15) is 0 Å². The lowest BCUT2D eigenvalue weighted by Gasteiger charge is -2.26. The Bertz CT molecular complexity index is 610. The van der Waals surface area contributed by atoms with Gasteiger partial charge in [0.2, 0.25) is 0 Å². The van der Waals surface area contributed by atoms with Crippen LogP contribution in [-0.2, 0) is 6.54 Å². The molecular weight excluding hydrogens is 298 g/mol. The van der Waals surface area contributed by atoms with Gasteiger partial charge in [0.15, 0.2) is 5.96 Å². The van der Waals surface area contributed by atoms with Crippen molar-refractivity contribution in [2.75, 3.05) is 27.2 Å².